The molecule has 0 saturated heterocycles. The van der Waals surface area contributed by atoms with E-state index in [4.69, 9.17) is 15.0 Å². The van der Waals surface area contributed by atoms with Crippen molar-refractivity contribution in [3.05, 3.63) is 150 Å². The quantitative estimate of drug-likeness (QED) is 0.205. The maximum atomic E-state index is 5.20. The molecule has 45 heavy (non-hydrogen) atoms. The molecule has 2 heterocycles. The van der Waals surface area contributed by atoms with Crippen LogP contribution in [0.25, 0.3) is 76.6 Å². The van der Waals surface area contributed by atoms with Crippen LogP contribution in [0.15, 0.2) is 133 Å². The third-order valence-electron chi connectivity index (χ3n) is 9.49. The molecule has 1 atom stereocenters. The Morgan fingerprint density at radius 2 is 1.02 bits per heavy atom. The first-order chi connectivity index (χ1) is 22.3. The average molecular weight is 592 g/mol. The molecule has 2 aromatic heterocycles. The summed E-state index contributed by atoms with van der Waals surface area (Å²) >= 11 is 1.89. The molecule has 0 saturated carbocycles. The Morgan fingerprint density at radius 1 is 0.444 bits per heavy atom. The van der Waals surface area contributed by atoms with Crippen LogP contribution in [0.5, 0.6) is 0 Å². The maximum absolute atomic E-state index is 5.20. The van der Waals surface area contributed by atoms with Crippen molar-refractivity contribution in [2.24, 2.45) is 0 Å². The first-order valence-corrected chi connectivity index (χ1v) is 16.2. The van der Waals surface area contributed by atoms with Crippen LogP contribution in [0.1, 0.15) is 22.6 Å². The summed E-state index contributed by atoms with van der Waals surface area (Å²) < 4.78 is 2.66. The Kier molecular flexibility index (Phi) is 5.28. The van der Waals surface area contributed by atoms with Crippen LogP contribution < -0.4 is 0 Å². The standard InChI is InChI=1S/C41H25N3S/c1-3-11-24(12-4-1)39-42-40(25-13-5-2-6-14-25)44-41(43-39)31-22-21-28-26-15-7-8-16-27(26)32-23-33(28)36(31)30-18-10-20-35-38(30)37-29(32)17-9-19-34(37)45-35/h1-22,32H,23H2. The molecule has 2 aliphatic carbocycles. The number of rotatable bonds is 3. The lowest BCUT2D eigenvalue weighted by atomic mass is 9.70. The summed E-state index contributed by atoms with van der Waals surface area (Å²) in [5.41, 5.74) is 12.4. The molecule has 10 rings (SSSR count). The molecule has 3 nitrogen and oxygen atoms in total. The average Bonchev–Trinajstić information content (AvgIpc) is 3.50. The first-order valence-electron chi connectivity index (χ1n) is 15.4. The van der Waals surface area contributed by atoms with Crippen molar-refractivity contribution in [1.82, 2.24) is 15.0 Å². The van der Waals surface area contributed by atoms with Crippen LogP contribution >= 0.6 is 11.3 Å². The van der Waals surface area contributed by atoms with Gasteiger partial charge < -0.3 is 0 Å². The summed E-state index contributed by atoms with van der Waals surface area (Å²) in [6.07, 6.45) is 0.933. The number of hydrogen-bond donors (Lipinski definition) is 0. The van der Waals surface area contributed by atoms with E-state index in [0.717, 1.165) is 23.1 Å². The number of aromatic nitrogens is 3. The van der Waals surface area contributed by atoms with Gasteiger partial charge in [-0.1, -0.05) is 115 Å². The normalized spacial score (nSPS) is 14.4. The van der Waals surface area contributed by atoms with Crippen molar-refractivity contribution < 1.29 is 0 Å². The molecule has 210 valence electrons. The molecule has 0 N–H and O–H groups in total. The third-order valence-corrected chi connectivity index (χ3v) is 10.6. The van der Waals surface area contributed by atoms with E-state index in [9.17, 15) is 0 Å². The van der Waals surface area contributed by atoms with E-state index in [1.165, 1.54) is 59.1 Å². The van der Waals surface area contributed by atoms with E-state index in [1.807, 2.05) is 47.7 Å². The van der Waals surface area contributed by atoms with E-state index in [2.05, 4.69) is 97.1 Å². The molecule has 2 aliphatic rings. The predicted molar refractivity (Wildman–Crippen MR) is 185 cm³/mol. The second-order valence-corrected chi connectivity index (χ2v) is 13.0. The number of nitrogens with zero attached hydrogens (tertiary/aromatic N) is 3. The summed E-state index contributed by atoms with van der Waals surface area (Å²) in [6, 6.07) is 47.7. The van der Waals surface area contributed by atoms with Crippen molar-refractivity contribution in [2.45, 2.75) is 12.3 Å². The van der Waals surface area contributed by atoms with E-state index < -0.39 is 0 Å². The highest BCUT2D eigenvalue weighted by Crippen LogP contribution is 2.54. The summed E-state index contributed by atoms with van der Waals surface area (Å²) in [7, 11) is 0. The first kappa shape index (κ1) is 24.9. The van der Waals surface area contributed by atoms with E-state index >= 15 is 0 Å². The topological polar surface area (TPSA) is 38.7 Å². The van der Waals surface area contributed by atoms with Crippen molar-refractivity contribution in [3.8, 4) is 56.4 Å². The van der Waals surface area contributed by atoms with Gasteiger partial charge in [0.2, 0.25) is 0 Å². The van der Waals surface area contributed by atoms with E-state index in [-0.39, 0.29) is 5.92 Å². The summed E-state index contributed by atoms with van der Waals surface area (Å²) in [6.45, 7) is 0. The third kappa shape index (κ3) is 3.66. The maximum Gasteiger partial charge on any atom is 0.164 e. The van der Waals surface area contributed by atoms with Crippen molar-refractivity contribution in [2.75, 3.05) is 0 Å². The monoisotopic (exact) mass is 591 g/mol. The van der Waals surface area contributed by atoms with Crippen LogP contribution in [-0.2, 0) is 6.42 Å². The lowest BCUT2D eigenvalue weighted by molar-refractivity contribution is 0.801. The largest absolute Gasteiger partial charge is 0.208 e. The highest BCUT2D eigenvalue weighted by Gasteiger charge is 2.34. The number of hydrogen-bond acceptors (Lipinski definition) is 4. The highest BCUT2D eigenvalue weighted by molar-refractivity contribution is 7.26. The van der Waals surface area contributed by atoms with Gasteiger partial charge in [-0.15, -0.1) is 11.3 Å². The van der Waals surface area contributed by atoms with E-state index in [1.54, 1.807) is 0 Å². The second-order valence-electron chi connectivity index (χ2n) is 11.9. The molecule has 0 fully saturated rings. The molecular weight excluding hydrogens is 567 g/mol. The Hall–Kier alpha value is -5.45. The fraction of sp³-hybridized carbons (Fsp3) is 0.0488. The summed E-state index contributed by atoms with van der Waals surface area (Å²) in [4.78, 5) is 15.4. The number of thiophene rings is 1. The van der Waals surface area contributed by atoms with Gasteiger partial charge in [-0.05, 0) is 63.6 Å². The van der Waals surface area contributed by atoms with Crippen molar-refractivity contribution >= 4 is 31.5 Å². The van der Waals surface area contributed by atoms with Gasteiger partial charge >= 0.3 is 0 Å². The number of fused-ring (bicyclic) bond motifs is 2. The Morgan fingerprint density at radius 3 is 1.78 bits per heavy atom. The van der Waals surface area contributed by atoms with Gasteiger partial charge in [0.1, 0.15) is 0 Å². The zero-order chi connectivity index (χ0) is 29.5. The Bertz CT molecular complexity index is 2400. The molecular formula is C41H25N3S. The molecule has 4 heteroatoms. The van der Waals surface area contributed by atoms with Crippen LogP contribution in [0.4, 0.5) is 0 Å². The van der Waals surface area contributed by atoms with Crippen LogP contribution in [-0.4, -0.2) is 15.0 Å². The van der Waals surface area contributed by atoms with Gasteiger partial charge in [0, 0.05) is 42.8 Å². The SMILES string of the molecule is c1ccc(-c2nc(-c3ccccc3)nc(-c3ccc4c5c3-c3cccc6sc7cccc(c7c36)C(C5)c3ccccc3-4)n2)cc1. The smallest absolute Gasteiger partial charge is 0.164 e. The minimum Gasteiger partial charge on any atom is -0.208 e. The van der Waals surface area contributed by atoms with Crippen LogP contribution in [0.2, 0.25) is 0 Å². The molecule has 0 spiro atoms. The molecule has 4 bridgehead atoms. The Balaban J connectivity index is 1.35. The fourth-order valence-electron chi connectivity index (χ4n) is 7.56. The minimum atomic E-state index is 0.274. The lowest BCUT2D eigenvalue weighted by Gasteiger charge is -2.33. The Labute approximate surface area is 264 Å². The van der Waals surface area contributed by atoms with Crippen molar-refractivity contribution in [1.29, 1.82) is 0 Å². The van der Waals surface area contributed by atoms with Gasteiger partial charge in [-0.3, -0.25) is 0 Å². The zero-order valence-corrected chi connectivity index (χ0v) is 25.1. The molecule has 6 aromatic carbocycles. The fourth-order valence-corrected chi connectivity index (χ4v) is 8.73. The molecule has 0 radical (unpaired) electrons. The van der Waals surface area contributed by atoms with Gasteiger partial charge in [0.15, 0.2) is 17.5 Å². The second kappa shape index (κ2) is 9.52. The van der Waals surface area contributed by atoms with Crippen LogP contribution in [0.3, 0.4) is 0 Å². The number of benzene rings is 6. The summed E-state index contributed by atoms with van der Waals surface area (Å²) in [5, 5.41) is 2.74. The highest BCUT2D eigenvalue weighted by atomic mass is 32.1. The predicted octanol–water partition coefficient (Wildman–Crippen LogP) is 10.6. The zero-order valence-electron chi connectivity index (χ0n) is 24.2. The molecule has 1 unspecified atom stereocenters. The molecule has 8 aromatic rings. The van der Waals surface area contributed by atoms with Gasteiger partial charge in [-0.25, -0.2) is 15.0 Å². The van der Waals surface area contributed by atoms with Crippen molar-refractivity contribution in [3.63, 3.8) is 0 Å². The lowest BCUT2D eigenvalue weighted by Crippen LogP contribution is -2.16. The van der Waals surface area contributed by atoms with Crippen LogP contribution in [0, 0.1) is 0 Å². The molecule has 0 aliphatic heterocycles. The van der Waals surface area contributed by atoms with Gasteiger partial charge in [0.05, 0.1) is 0 Å². The van der Waals surface area contributed by atoms with Gasteiger partial charge in [-0.2, -0.15) is 0 Å². The van der Waals surface area contributed by atoms with E-state index in [0.29, 0.717) is 17.5 Å². The minimum absolute atomic E-state index is 0.274. The van der Waals surface area contributed by atoms with Gasteiger partial charge in [0.25, 0.3) is 0 Å². The summed E-state index contributed by atoms with van der Waals surface area (Å²) in [5.74, 6) is 2.34. The molecule has 0 amide bonds.